The molecule has 2 unspecified atom stereocenters. The van der Waals surface area contributed by atoms with Gasteiger partial charge in [-0.2, -0.15) is 0 Å². The van der Waals surface area contributed by atoms with Gasteiger partial charge in [0.1, 0.15) is 5.65 Å². The Kier molecular flexibility index (Phi) is 3.97. The van der Waals surface area contributed by atoms with E-state index >= 15 is 0 Å². The molecule has 2 rings (SSSR count). The molecule has 0 bridgehead atoms. The van der Waals surface area contributed by atoms with Crippen LogP contribution in [0, 0.1) is 0 Å². The Morgan fingerprint density at radius 1 is 1.41 bits per heavy atom. The quantitative estimate of drug-likeness (QED) is 0.928. The fraction of sp³-hybridized carbons (Fsp3) is 0.417. The SMILES string of the molecule is CC(O)C(C)SCc1cn2cc(Cl)ccc2n1. The predicted octanol–water partition coefficient (Wildman–Crippen LogP) is 2.99. The standard InChI is InChI=1S/C12H15ClN2OS/c1-8(16)9(2)17-7-11-6-15-5-10(13)3-4-12(15)14-11/h3-6,8-9,16H,7H2,1-2H3. The number of aliphatic hydroxyl groups is 1. The van der Waals surface area contributed by atoms with Crippen molar-refractivity contribution in [3.63, 3.8) is 0 Å². The molecule has 0 amide bonds. The van der Waals surface area contributed by atoms with Crippen molar-refractivity contribution < 1.29 is 5.11 Å². The summed E-state index contributed by atoms with van der Waals surface area (Å²) < 4.78 is 1.92. The van der Waals surface area contributed by atoms with Gasteiger partial charge < -0.3 is 9.51 Å². The van der Waals surface area contributed by atoms with Crippen LogP contribution in [0.5, 0.6) is 0 Å². The second kappa shape index (κ2) is 5.29. The molecular formula is C12H15ClN2OS. The van der Waals surface area contributed by atoms with Crippen LogP contribution in [0.1, 0.15) is 19.5 Å². The maximum atomic E-state index is 9.41. The highest BCUT2D eigenvalue weighted by atomic mass is 35.5. The molecule has 0 aromatic carbocycles. The van der Waals surface area contributed by atoms with E-state index in [0.717, 1.165) is 17.1 Å². The zero-order valence-electron chi connectivity index (χ0n) is 9.80. The summed E-state index contributed by atoms with van der Waals surface area (Å²) in [6, 6.07) is 3.73. The Morgan fingerprint density at radius 3 is 2.88 bits per heavy atom. The van der Waals surface area contributed by atoms with Crippen LogP contribution in [-0.4, -0.2) is 25.8 Å². The van der Waals surface area contributed by atoms with Gasteiger partial charge in [0.15, 0.2) is 0 Å². The van der Waals surface area contributed by atoms with E-state index in [1.807, 2.05) is 35.9 Å². The van der Waals surface area contributed by atoms with Crippen molar-refractivity contribution in [1.82, 2.24) is 9.38 Å². The summed E-state index contributed by atoms with van der Waals surface area (Å²) in [5.41, 5.74) is 1.90. The summed E-state index contributed by atoms with van der Waals surface area (Å²) in [4.78, 5) is 4.49. The van der Waals surface area contributed by atoms with Crippen molar-refractivity contribution in [1.29, 1.82) is 0 Å². The summed E-state index contributed by atoms with van der Waals surface area (Å²) in [6.07, 6.45) is 3.52. The van der Waals surface area contributed by atoms with Gasteiger partial charge in [-0.3, -0.25) is 0 Å². The number of rotatable bonds is 4. The number of pyridine rings is 1. The first-order valence-electron chi connectivity index (χ1n) is 5.49. The first-order valence-corrected chi connectivity index (χ1v) is 6.92. The van der Waals surface area contributed by atoms with E-state index in [-0.39, 0.29) is 11.4 Å². The van der Waals surface area contributed by atoms with E-state index < -0.39 is 0 Å². The summed E-state index contributed by atoms with van der Waals surface area (Å²) in [6.45, 7) is 3.82. The molecule has 0 spiro atoms. The van der Waals surface area contributed by atoms with E-state index in [2.05, 4.69) is 4.98 Å². The van der Waals surface area contributed by atoms with Gasteiger partial charge in [0.25, 0.3) is 0 Å². The van der Waals surface area contributed by atoms with Crippen LogP contribution in [0.25, 0.3) is 5.65 Å². The molecule has 0 aliphatic heterocycles. The first kappa shape index (κ1) is 12.7. The molecule has 0 aliphatic rings. The van der Waals surface area contributed by atoms with Gasteiger partial charge in [0.2, 0.25) is 0 Å². The Balaban J connectivity index is 2.09. The minimum absolute atomic E-state index is 0.211. The van der Waals surface area contributed by atoms with Gasteiger partial charge in [0, 0.05) is 23.4 Å². The number of fused-ring (bicyclic) bond motifs is 1. The lowest BCUT2D eigenvalue weighted by atomic mass is 10.3. The van der Waals surface area contributed by atoms with Gasteiger partial charge in [0.05, 0.1) is 16.8 Å². The minimum atomic E-state index is -0.300. The van der Waals surface area contributed by atoms with E-state index in [4.69, 9.17) is 11.6 Å². The predicted molar refractivity (Wildman–Crippen MR) is 72.6 cm³/mol. The number of imidazole rings is 1. The molecule has 0 saturated heterocycles. The van der Waals surface area contributed by atoms with Crippen LogP contribution in [0.15, 0.2) is 24.5 Å². The monoisotopic (exact) mass is 270 g/mol. The Hall–Kier alpha value is -0.710. The topological polar surface area (TPSA) is 37.5 Å². The average molecular weight is 271 g/mol. The third kappa shape index (κ3) is 3.15. The number of hydrogen-bond acceptors (Lipinski definition) is 3. The Bertz CT molecular complexity index is 512. The lowest BCUT2D eigenvalue weighted by Crippen LogP contribution is -2.15. The number of nitrogens with zero attached hydrogens (tertiary/aromatic N) is 2. The van der Waals surface area contributed by atoms with Crippen molar-refractivity contribution in [2.45, 2.75) is 31.0 Å². The molecule has 0 saturated carbocycles. The molecule has 0 aliphatic carbocycles. The molecule has 2 atom stereocenters. The number of hydrogen-bond donors (Lipinski definition) is 1. The number of aliphatic hydroxyl groups excluding tert-OH is 1. The first-order chi connectivity index (χ1) is 8.06. The molecule has 5 heteroatoms. The van der Waals surface area contributed by atoms with Crippen molar-refractivity contribution in [2.24, 2.45) is 0 Å². The van der Waals surface area contributed by atoms with Crippen LogP contribution < -0.4 is 0 Å². The summed E-state index contributed by atoms with van der Waals surface area (Å²) in [5.74, 6) is 0.797. The molecule has 2 aromatic rings. The van der Waals surface area contributed by atoms with Crippen LogP contribution in [-0.2, 0) is 5.75 Å². The maximum Gasteiger partial charge on any atom is 0.137 e. The van der Waals surface area contributed by atoms with Gasteiger partial charge in [-0.15, -0.1) is 11.8 Å². The molecular weight excluding hydrogens is 256 g/mol. The van der Waals surface area contributed by atoms with E-state index in [1.54, 1.807) is 18.7 Å². The molecule has 0 radical (unpaired) electrons. The lowest BCUT2D eigenvalue weighted by molar-refractivity contribution is 0.196. The van der Waals surface area contributed by atoms with Crippen LogP contribution in [0.3, 0.4) is 0 Å². The van der Waals surface area contributed by atoms with E-state index in [9.17, 15) is 5.11 Å². The van der Waals surface area contributed by atoms with Crippen molar-refractivity contribution in [2.75, 3.05) is 0 Å². The van der Waals surface area contributed by atoms with Crippen molar-refractivity contribution >= 4 is 29.0 Å². The highest BCUT2D eigenvalue weighted by molar-refractivity contribution is 7.99. The van der Waals surface area contributed by atoms with E-state index in [1.165, 1.54) is 0 Å². The van der Waals surface area contributed by atoms with Gasteiger partial charge in [-0.1, -0.05) is 18.5 Å². The fourth-order valence-electron chi connectivity index (χ4n) is 1.44. The third-order valence-electron chi connectivity index (χ3n) is 2.64. The molecule has 2 aromatic heterocycles. The molecule has 0 fully saturated rings. The van der Waals surface area contributed by atoms with Gasteiger partial charge in [-0.05, 0) is 19.1 Å². The average Bonchev–Trinajstić information content (AvgIpc) is 2.67. The van der Waals surface area contributed by atoms with Crippen LogP contribution >= 0.6 is 23.4 Å². The fourth-order valence-corrected chi connectivity index (χ4v) is 2.46. The van der Waals surface area contributed by atoms with Crippen LogP contribution in [0.2, 0.25) is 5.02 Å². The van der Waals surface area contributed by atoms with Crippen molar-refractivity contribution in [3.8, 4) is 0 Å². The smallest absolute Gasteiger partial charge is 0.137 e. The number of thioether (sulfide) groups is 1. The molecule has 92 valence electrons. The van der Waals surface area contributed by atoms with Gasteiger partial charge in [-0.25, -0.2) is 4.98 Å². The second-order valence-corrected chi connectivity index (χ2v) is 5.90. The second-order valence-electron chi connectivity index (χ2n) is 4.10. The number of aromatic nitrogens is 2. The normalized spacial score (nSPS) is 15.1. The molecule has 17 heavy (non-hydrogen) atoms. The number of halogens is 1. The summed E-state index contributed by atoms with van der Waals surface area (Å²) in [7, 11) is 0. The highest BCUT2D eigenvalue weighted by Gasteiger charge is 2.10. The zero-order chi connectivity index (χ0) is 12.4. The largest absolute Gasteiger partial charge is 0.392 e. The maximum absolute atomic E-state index is 9.41. The van der Waals surface area contributed by atoms with E-state index in [0.29, 0.717) is 5.02 Å². The van der Waals surface area contributed by atoms with Crippen LogP contribution in [0.4, 0.5) is 0 Å². The highest BCUT2D eigenvalue weighted by Crippen LogP contribution is 2.20. The lowest BCUT2D eigenvalue weighted by Gasteiger charge is -2.12. The molecule has 3 nitrogen and oxygen atoms in total. The molecule has 2 heterocycles. The minimum Gasteiger partial charge on any atom is -0.392 e. The summed E-state index contributed by atoms with van der Waals surface area (Å²) >= 11 is 7.61. The Morgan fingerprint density at radius 2 is 2.18 bits per heavy atom. The molecule has 1 N–H and O–H groups in total. The third-order valence-corrected chi connectivity index (χ3v) is 4.24. The zero-order valence-corrected chi connectivity index (χ0v) is 11.4. The van der Waals surface area contributed by atoms with Gasteiger partial charge >= 0.3 is 0 Å². The van der Waals surface area contributed by atoms with Crippen molar-refractivity contribution in [3.05, 3.63) is 35.2 Å². The summed E-state index contributed by atoms with van der Waals surface area (Å²) in [5, 5.41) is 10.3. The Labute approximate surface area is 110 Å².